The molecular formula is C21H21ClN2O3S. The van der Waals surface area contributed by atoms with Crippen LogP contribution in [0.15, 0.2) is 24.3 Å². The van der Waals surface area contributed by atoms with Crippen LogP contribution in [0.2, 0.25) is 5.02 Å². The summed E-state index contributed by atoms with van der Waals surface area (Å²) in [5.41, 5.74) is 2.25. The molecular weight excluding hydrogens is 396 g/mol. The number of nitrogens with one attached hydrogen (secondary N) is 1. The second-order valence-electron chi connectivity index (χ2n) is 6.77. The van der Waals surface area contributed by atoms with E-state index in [1.165, 1.54) is 23.1 Å². The lowest BCUT2D eigenvalue weighted by molar-refractivity contribution is -0.152. The normalized spacial score (nSPS) is 14.3. The van der Waals surface area contributed by atoms with E-state index in [0.29, 0.717) is 21.2 Å². The Bertz CT molecular complexity index is 932. The third kappa shape index (κ3) is 4.73. The van der Waals surface area contributed by atoms with E-state index >= 15 is 0 Å². The number of rotatable bonds is 5. The van der Waals surface area contributed by atoms with Crippen molar-refractivity contribution in [2.75, 3.05) is 5.32 Å². The summed E-state index contributed by atoms with van der Waals surface area (Å²) in [5.74, 6) is -0.973. The smallest absolute Gasteiger partial charge is 0.311 e. The fourth-order valence-electron chi connectivity index (χ4n) is 3.25. The first-order valence-electron chi connectivity index (χ1n) is 9.28. The summed E-state index contributed by atoms with van der Waals surface area (Å²) in [6.45, 7) is 1.52. The van der Waals surface area contributed by atoms with Gasteiger partial charge in [-0.25, -0.2) is 0 Å². The zero-order valence-electron chi connectivity index (χ0n) is 15.6. The van der Waals surface area contributed by atoms with E-state index in [1.54, 1.807) is 24.3 Å². The minimum Gasteiger partial charge on any atom is -0.452 e. The van der Waals surface area contributed by atoms with Crippen molar-refractivity contribution in [3.05, 3.63) is 50.9 Å². The number of carbonyl (C=O) groups excluding carboxylic acids is 2. The van der Waals surface area contributed by atoms with Gasteiger partial charge in [0.1, 0.15) is 11.1 Å². The van der Waals surface area contributed by atoms with E-state index in [0.717, 1.165) is 37.7 Å². The van der Waals surface area contributed by atoms with E-state index in [-0.39, 0.29) is 6.42 Å². The molecule has 0 unspecified atom stereocenters. The number of ether oxygens (including phenoxy) is 1. The van der Waals surface area contributed by atoms with Gasteiger partial charge in [-0.15, -0.1) is 11.3 Å². The van der Waals surface area contributed by atoms with Crippen LogP contribution in [0.1, 0.15) is 47.8 Å². The van der Waals surface area contributed by atoms with Gasteiger partial charge >= 0.3 is 5.97 Å². The molecule has 1 aliphatic rings. The Labute approximate surface area is 173 Å². The van der Waals surface area contributed by atoms with Crippen molar-refractivity contribution in [3.63, 3.8) is 0 Å². The van der Waals surface area contributed by atoms with Gasteiger partial charge in [-0.2, -0.15) is 5.26 Å². The van der Waals surface area contributed by atoms with Gasteiger partial charge in [0.2, 0.25) is 0 Å². The second kappa shape index (κ2) is 9.22. The third-order valence-corrected chi connectivity index (χ3v) is 6.32. The molecule has 3 rings (SSSR count). The average Bonchev–Trinajstić information content (AvgIpc) is 2.83. The Hall–Kier alpha value is -2.36. The SMILES string of the molecule is C[C@@H](OC(=O)Cc1ccccc1Cl)C(=O)Nc1sc2c(c1C#N)CCCCC2. The summed E-state index contributed by atoms with van der Waals surface area (Å²) >= 11 is 7.51. The van der Waals surface area contributed by atoms with Crippen molar-refractivity contribution in [3.8, 4) is 6.07 Å². The van der Waals surface area contributed by atoms with Gasteiger partial charge < -0.3 is 10.1 Å². The first-order chi connectivity index (χ1) is 13.5. The number of aryl methyl sites for hydroxylation is 1. The van der Waals surface area contributed by atoms with Gasteiger partial charge in [-0.05, 0) is 49.8 Å². The summed E-state index contributed by atoms with van der Waals surface area (Å²) in [6.07, 6.45) is 4.15. The summed E-state index contributed by atoms with van der Waals surface area (Å²) < 4.78 is 5.25. The molecule has 1 heterocycles. The van der Waals surface area contributed by atoms with Gasteiger partial charge in [0.15, 0.2) is 6.10 Å². The van der Waals surface area contributed by atoms with E-state index in [2.05, 4.69) is 11.4 Å². The minimum atomic E-state index is -0.969. The van der Waals surface area contributed by atoms with Crippen LogP contribution in [0.25, 0.3) is 0 Å². The number of anilines is 1. The molecule has 2 aromatic rings. The fraction of sp³-hybridized carbons (Fsp3) is 0.381. The van der Waals surface area contributed by atoms with Crippen molar-refractivity contribution in [2.24, 2.45) is 0 Å². The Morgan fingerprint density at radius 3 is 2.79 bits per heavy atom. The van der Waals surface area contributed by atoms with Crippen LogP contribution in [0.3, 0.4) is 0 Å². The van der Waals surface area contributed by atoms with Crippen molar-refractivity contribution in [1.82, 2.24) is 0 Å². The monoisotopic (exact) mass is 416 g/mol. The lowest BCUT2D eigenvalue weighted by Crippen LogP contribution is -2.30. The number of fused-ring (bicyclic) bond motifs is 1. The summed E-state index contributed by atoms with van der Waals surface area (Å²) in [6, 6.07) is 9.24. The molecule has 0 aliphatic heterocycles. The second-order valence-corrected chi connectivity index (χ2v) is 8.28. The molecule has 1 aromatic heterocycles. The largest absolute Gasteiger partial charge is 0.452 e. The standard InChI is InChI=1S/C21H21ClN2O3S/c1-13(27-19(25)11-14-7-5-6-9-17(14)22)20(26)24-21-16(12-23)15-8-3-2-4-10-18(15)28-21/h5-7,9,13H,2-4,8,10-11H2,1H3,(H,24,26)/t13-/m1/s1. The van der Waals surface area contributed by atoms with Crippen LogP contribution in [-0.2, 0) is 33.6 Å². The predicted octanol–water partition coefficient (Wildman–Crippen LogP) is 4.65. The fourth-order valence-corrected chi connectivity index (χ4v) is 4.70. The molecule has 5 nitrogen and oxygen atoms in total. The molecule has 7 heteroatoms. The van der Waals surface area contributed by atoms with Gasteiger partial charge in [0.05, 0.1) is 12.0 Å². The molecule has 146 valence electrons. The van der Waals surface area contributed by atoms with Gasteiger partial charge in [0, 0.05) is 9.90 Å². The molecule has 0 bridgehead atoms. The maximum Gasteiger partial charge on any atom is 0.311 e. The lowest BCUT2D eigenvalue weighted by atomic mass is 10.1. The number of nitrogens with zero attached hydrogens (tertiary/aromatic N) is 1. The molecule has 0 spiro atoms. The third-order valence-electron chi connectivity index (χ3n) is 4.74. The van der Waals surface area contributed by atoms with E-state index in [4.69, 9.17) is 16.3 Å². The van der Waals surface area contributed by atoms with Crippen LogP contribution in [-0.4, -0.2) is 18.0 Å². The van der Waals surface area contributed by atoms with E-state index < -0.39 is 18.0 Å². The summed E-state index contributed by atoms with van der Waals surface area (Å²) in [7, 11) is 0. The number of halogens is 1. The summed E-state index contributed by atoms with van der Waals surface area (Å²) in [4.78, 5) is 25.8. The van der Waals surface area contributed by atoms with Crippen molar-refractivity contribution in [1.29, 1.82) is 5.26 Å². The van der Waals surface area contributed by atoms with Gasteiger partial charge in [-0.3, -0.25) is 9.59 Å². The predicted molar refractivity (Wildman–Crippen MR) is 110 cm³/mol. The number of thiophene rings is 1. The zero-order chi connectivity index (χ0) is 20.1. The van der Waals surface area contributed by atoms with Crippen molar-refractivity contribution in [2.45, 2.75) is 51.6 Å². The highest BCUT2D eigenvalue weighted by molar-refractivity contribution is 7.16. The number of hydrogen-bond donors (Lipinski definition) is 1. The van der Waals surface area contributed by atoms with Crippen LogP contribution < -0.4 is 5.32 Å². The molecule has 0 radical (unpaired) electrons. The molecule has 0 fully saturated rings. The first kappa shape index (κ1) is 20.4. The van der Waals surface area contributed by atoms with Crippen molar-refractivity contribution < 1.29 is 14.3 Å². The molecule has 1 aromatic carbocycles. The maximum atomic E-state index is 12.5. The minimum absolute atomic E-state index is 0.00592. The molecule has 28 heavy (non-hydrogen) atoms. The van der Waals surface area contributed by atoms with Gasteiger partial charge in [0.25, 0.3) is 5.91 Å². The quantitative estimate of drug-likeness (QED) is 0.568. The molecule has 0 saturated heterocycles. The number of carbonyl (C=O) groups is 2. The summed E-state index contributed by atoms with van der Waals surface area (Å²) in [5, 5.41) is 13.4. The highest BCUT2D eigenvalue weighted by Crippen LogP contribution is 2.37. The van der Waals surface area contributed by atoms with E-state index in [1.807, 2.05) is 0 Å². The molecule has 1 N–H and O–H groups in total. The topological polar surface area (TPSA) is 79.2 Å². The lowest BCUT2D eigenvalue weighted by Gasteiger charge is -2.13. The maximum absolute atomic E-state index is 12.5. The van der Waals surface area contributed by atoms with Crippen LogP contribution in [0, 0.1) is 11.3 Å². The number of amides is 1. The number of benzene rings is 1. The van der Waals surface area contributed by atoms with Crippen LogP contribution >= 0.6 is 22.9 Å². The Balaban J connectivity index is 1.64. The average molecular weight is 417 g/mol. The molecule has 1 aliphatic carbocycles. The Kier molecular flexibility index (Phi) is 6.71. The zero-order valence-corrected chi connectivity index (χ0v) is 17.2. The molecule has 1 amide bonds. The van der Waals surface area contributed by atoms with Crippen molar-refractivity contribution >= 4 is 39.8 Å². The highest BCUT2D eigenvalue weighted by atomic mass is 35.5. The first-order valence-corrected chi connectivity index (χ1v) is 10.5. The Morgan fingerprint density at radius 1 is 1.29 bits per heavy atom. The Morgan fingerprint density at radius 2 is 2.04 bits per heavy atom. The van der Waals surface area contributed by atoms with E-state index in [9.17, 15) is 14.9 Å². The van der Waals surface area contributed by atoms with Crippen LogP contribution in [0.5, 0.6) is 0 Å². The number of esters is 1. The van der Waals surface area contributed by atoms with Crippen LogP contribution in [0.4, 0.5) is 5.00 Å². The van der Waals surface area contributed by atoms with Gasteiger partial charge in [-0.1, -0.05) is 36.2 Å². The number of hydrogen-bond acceptors (Lipinski definition) is 5. The molecule has 1 atom stereocenters. The number of nitriles is 1. The molecule has 0 saturated carbocycles. The highest BCUT2D eigenvalue weighted by Gasteiger charge is 2.24.